The van der Waals surface area contributed by atoms with Crippen molar-refractivity contribution in [2.45, 2.75) is 25.0 Å². The standard InChI is InChI=1S/C20H23N3O4/c1-3-13-12-22-9-7-14(13)10-19(22)20(27-23(24)25)16-6-8-21-18-5-4-15(26-2)11-17(16)18/h3-6,8,11,13-14,19-20H,1,7,9-10,12H2,2H3/t13?,14?,19?,20-/m0/s1. The van der Waals surface area contributed by atoms with E-state index < -0.39 is 11.2 Å². The predicted octanol–water partition coefficient (Wildman–Crippen LogP) is 3.39. The molecule has 5 atom stereocenters. The van der Waals surface area contributed by atoms with Gasteiger partial charge >= 0.3 is 0 Å². The van der Waals surface area contributed by atoms with E-state index in [4.69, 9.17) is 9.57 Å². The Morgan fingerprint density at radius 3 is 2.96 bits per heavy atom. The number of nitrogens with zero attached hydrogens (tertiary/aromatic N) is 3. The van der Waals surface area contributed by atoms with Crippen LogP contribution >= 0.6 is 0 Å². The monoisotopic (exact) mass is 369 g/mol. The second kappa shape index (κ2) is 7.15. The highest BCUT2D eigenvalue weighted by atomic mass is 17.0. The molecule has 4 unspecified atom stereocenters. The molecule has 3 aliphatic rings. The zero-order chi connectivity index (χ0) is 19.0. The molecule has 0 aliphatic carbocycles. The van der Waals surface area contributed by atoms with Crippen LogP contribution in [0.1, 0.15) is 24.5 Å². The molecule has 1 aromatic heterocycles. The summed E-state index contributed by atoms with van der Waals surface area (Å²) in [6, 6.07) is 7.36. The fourth-order valence-electron chi connectivity index (χ4n) is 4.64. The molecule has 0 radical (unpaired) electrons. The minimum absolute atomic E-state index is 0.0397. The molecule has 3 saturated heterocycles. The Morgan fingerprint density at radius 2 is 2.30 bits per heavy atom. The number of piperidine rings is 3. The van der Waals surface area contributed by atoms with Gasteiger partial charge in [-0.25, -0.2) is 0 Å². The number of hydrogen-bond donors (Lipinski definition) is 0. The summed E-state index contributed by atoms with van der Waals surface area (Å²) < 4.78 is 5.34. The van der Waals surface area contributed by atoms with E-state index in [-0.39, 0.29) is 6.04 Å². The average Bonchev–Trinajstić information content (AvgIpc) is 2.71. The Balaban J connectivity index is 1.76. The summed E-state index contributed by atoms with van der Waals surface area (Å²) >= 11 is 0. The predicted molar refractivity (Wildman–Crippen MR) is 101 cm³/mol. The largest absolute Gasteiger partial charge is 0.497 e. The van der Waals surface area contributed by atoms with Crippen LogP contribution in [0.4, 0.5) is 0 Å². The molecular formula is C20H23N3O4. The first-order chi connectivity index (χ1) is 13.1. The third-order valence-electron chi connectivity index (χ3n) is 5.99. The van der Waals surface area contributed by atoms with E-state index in [2.05, 4.69) is 16.5 Å². The van der Waals surface area contributed by atoms with Gasteiger partial charge in [-0.3, -0.25) is 9.88 Å². The van der Waals surface area contributed by atoms with E-state index in [0.717, 1.165) is 42.4 Å². The van der Waals surface area contributed by atoms with E-state index in [1.54, 1.807) is 13.3 Å². The van der Waals surface area contributed by atoms with Gasteiger partial charge in [-0.2, -0.15) is 0 Å². The molecule has 0 amide bonds. The maximum absolute atomic E-state index is 11.3. The van der Waals surface area contributed by atoms with Gasteiger partial charge in [0.25, 0.3) is 5.09 Å². The third-order valence-corrected chi connectivity index (χ3v) is 5.99. The molecule has 4 heterocycles. The van der Waals surface area contributed by atoms with E-state index in [0.29, 0.717) is 17.6 Å². The van der Waals surface area contributed by atoms with Gasteiger partial charge in [0.05, 0.1) is 12.6 Å². The van der Waals surface area contributed by atoms with E-state index in [1.807, 2.05) is 30.3 Å². The van der Waals surface area contributed by atoms with Crippen molar-refractivity contribution in [1.29, 1.82) is 0 Å². The van der Waals surface area contributed by atoms with Crippen molar-refractivity contribution in [2.24, 2.45) is 11.8 Å². The highest BCUT2D eigenvalue weighted by molar-refractivity contribution is 5.84. The van der Waals surface area contributed by atoms with Crippen molar-refractivity contribution in [2.75, 3.05) is 20.2 Å². The first-order valence-electron chi connectivity index (χ1n) is 9.21. The van der Waals surface area contributed by atoms with Crippen LogP contribution < -0.4 is 4.74 Å². The number of aromatic nitrogens is 1. The smallest absolute Gasteiger partial charge is 0.295 e. The fourth-order valence-corrected chi connectivity index (χ4v) is 4.64. The van der Waals surface area contributed by atoms with Gasteiger partial charge < -0.3 is 9.57 Å². The number of fused-ring (bicyclic) bond motifs is 4. The van der Waals surface area contributed by atoms with E-state index in [1.165, 1.54) is 0 Å². The van der Waals surface area contributed by atoms with Gasteiger partial charge in [0.15, 0.2) is 0 Å². The Hall–Kier alpha value is -2.67. The second-order valence-electron chi connectivity index (χ2n) is 7.28. The van der Waals surface area contributed by atoms with Crippen LogP contribution in [0.25, 0.3) is 10.9 Å². The summed E-state index contributed by atoms with van der Waals surface area (Å²) in [4.78, 5) is 23.3. The van der Waals surface area contributed by atoms with Crippen LogP contribution in [0, 0.1) is 22.0 Å². The summed E-state index contributed by atoms with van der Waals surface area (Å²) in [7, 11) is 1.60. The zero-order valence-electron chi connectivity index (χ0n) is 15.3. The zero-order valence-corrected chi connectivity index (χ0v) is 15.3. The van der Waals surface area contributed by atoms with Crippen LogP contribution in [0.5, 0.6) is 5.75 Å². The molecule has 5 rings (SSSR count). The third kappa shape index (κ3) is 3.23. The average molecular weight is 369 g/mol. The van der Waals surface area contributed by atoms with Crippen molar-refractivity contribution >= 4 is 10.9 Å². The van der Waals surface area contributed by atoms with Crippen molar-refractivity contribution < 1.29 is 14.7 Å². The van der Waals surface area contributed by atoms with Gasteiger partial charge in [-0.1, -0.05) is 6.08 Å². The van der Waals surface area contributed by atoms with Crippen molar-refractivity contribution in [3.8, 4) is 5.75 Å². The normalized spacial score (nSPS) is 27.9. The summed E-state index contributed by atoms with van der Waals surface area (Å²) in [5, 5.41) is 11.5. The van der Waals surface area contributed by atoms with Crippen LogP contribution in [0.3, 0.4) is 0 Å². The van der Waals surface area contributed by atoms with Gasteiger partial charge in [0.1, 0.15) is 11.9 Å². The molecule has 7 nitrogen and oxygen atoms in total. The highest BCUT2D eigenvalue weighted by Gasteiger charge is 2.44. The van der Waals surface area contributed by atoms with E-state index >= 15 is 0 Å². The van der Waals surface area contributed by atoms with Crippen molar-refractivity contribution in [3.63, 3.8) is 0 Å². The number of hydrogen-bond acceptors (Lipinski definition) is 6. The minimum atomic E-state index is -0.675. The molecule has 2 bridgehead atoms. The fraction of sp³-hybridized carbons (Fsp3) is 0.450. The van der Waals surface area contributed by atoms with Crippen LogP contribution in [0.2, 0.25) is 0 Å². The molecule has 3 aliphatic heterocycles. The second-order valence-corrected chi connectivity index (χ2v) is 7.28. The molecule has 0 spiro atoms. The lowest BCUT2D eigenvalue weighted by Crippen LogP contribution is -2.55. The summed E-state index contributed by atoms with van der Waals surface area (Å²) in [6.45, 7) is 5.76. The molecular weight excluding hydrogens is 346 g/mol. The first-order valence-corrected chi connectivity index (χ1v) is 9.21. The van der Waals surface area contributed by atoms with Crippen LogP contribution in [-0.2, 0) is 4.84 Å². The maximum Gasteiger partial charge on any atom is 0.295 e. The number of pyridine rings is 1. The topological polar surface area (TPSA) is 77.7 Å². The molecule has 0 saturated carbocycles. The quantitative estimate of drug-likeness (QED) is 0.441. The molecule has 1 aromatic carbocycles. The highest BCUT2D eigenvalue weighted by Crippen LogP contribution is 2.43. The van der Waals surface area contributed by atoms with E-state index in [9.17, 15) is 10.1 Å². The minimum Gasteiger partial charge on any atom is -0.497 e. The number of methoxy groups -OCH3 is 1. The van der Waals surface area contributed by atoms with Crippen molar-refractivity contribution in [1.82, 2.24) is 9.88 Å². The van der Waals surface area contributed by atoms with Crippen molar-refractivity contribution in [3.05, 3.63) is 58.8 Å². The summed E-state index contributed by atoms with van der Waals surface area (Å²) in [5.74, 6) is 1.63. The molecule has 142 valence electrons. The van der Waals surface area contributed by atoms with Crippen LogP contribution in [-0.4, -0.2) is 41.2 Å². The molecule has 0 N–H and O–H groups in total. The Bertz CT molecular complexity index is 871. The molecule has 3 fully saturated rings. The van der Waals surface area contributed by atoms with Gasteiger partial charge in [0.2, 0.25) is 0 Å². The Kier molecular flexibility index (Phi) is 4.70. The number of ether oxygens (including phenoxy) is 1. The number of benzene rings is 1. The molecule has 2 aromatic rings. The Morgan fingerprint density at radius 1 is 1.44 bits per heavy atom. The SMILES string of the molecule is C=CC1CN2CCC1CC2[C@@H](O[N+](=O)[O-])c1ccnc2ccc(OC)cc12. The summed E-state index contributed by atoms with van der Waals surface area (Å²) in [5.41, 5.74) is 1.55. The lowest BCUT2D eigenvalue weighted by atomic mass is 9.73. The lowest BCUT2D eigenvalue weighted by molar-refractivity contribution is -0.772. The first kappa shape index (κ1) is 17.7. The summed E-state index contributed by atoms with van der Waals surface area (Å²) in [6.07, 6.45) is 5.00. The number of rotatable bonds is 6. The van der Waals surface area contributed by atoms with Gasteiger partial charge in [-0.15, -0.1) is 16.7 Å². The maximum atomic E-state index is 11.3. The Labute approximate surface area is 157 Å². The van der Waals surface area contributed by atoms with Gasteiger partial charge in [-0.05, 0) is 61.1 Å². The van der Waals surface area contributed by atoms with Gasteiger partial charge in [0, 0.05) is 24.2 Å². The van der Waals surface area contributed by atoms with Crippen LogP contribution in [0.15, 0.2) is 43.1 Å². The lowest BCUT2D eigenvalue weighted by Gasteiger charge is -2.51. The molecule has 27 heavy (non-hydrogen) atoms. The molecule has 7 heteroatoms.